The van der Waals surface area contributed by atoms with Crippen molar-refractivity contribution in [2.24, 2.45) is 5.41 Å². The first-order valence-corrected chi connectivity index (χ1v) is 5.97. The zero-order valence-electron chi connectivity index (χ0n) is 8.80. The number of aliphatic hydroxyl groups excluding tert-OH is 1. The summed E-state index contributed by atoms with van der Waals surface area (Å²) in [5, 5.41) is 10.1. The average molecular weight is 196 g/mol. The molecule has 0 aromatic rings. The lowest BCUT2D eigenvalue weighted by Crippen LogP contribution is -2.44. The van der Waals surface area contributed by atoms with Gasteiger partial charge in [-0.2, -0.15) is 0 Å². The molecular weight excluding hydrogens is 176 g/mol. The quantitative estimate of drug-likeness (QED) is 0.646. The van der Waals surface area contributed by atoms with Gasteiger partial charge < -0.3 is 5.11 Å². The van der Waals surface area contributed by atoms with Crippen molar-refractivity contribution in [3.05, 3.63) is 0 Å². The first-order valence-electron chi connectivity index (χ1n) is 5.97. The number of hydrogen-bond donors (Lipinski definition) is 1. The number of carbonyl (C=O) groups excluding carboxylic acids is 1. The van der Waals surface area contributed by atoms with Gasteiger partial charge in [0.1, 0.15) is 5.78 Å². The number of rotatable bonds is 0. The number of Topliss-reactive ketones (excluding diaryl/α,β-unsaturated/α-hetero) is 1. The van der Waals surface area contributed by atoms with Crippen LogP contribution >= 0.6 is 0 Å². The highest BCUT2D eigenvalue weighted by molar-refractivity contribution is 5.85. The molecule has 0 aromatic carbocycles. The normalized spacial score (nSPS) is 39.8. The fourth-order valence-corrected chi connectivity index (χ4v) is 3.13. The van der Waals surface area contributed by atoms with Gasteiger partial charge in [0.05, 0.1) is 11.5 Å². The maximum absolute atomic E-state index is 12.0. The lowest BCUT2D eigenvalue weighted by molar-refractivity contribution is -0.139. The summed E-state index contributed by atoms with van der Waals surface area (Å²) in [6, 6.07) is 0. The highest BCUT2D eigenvalue weighted by atomic mass is 16.3. The number of aliphatic hydroxyl groups is 1. The number of hydrogen-bond acceptors (Lipinski definition) is 2. The molecule has 2 fully saturated rings. The van der Waals surface area contributed by atoms with E-state index in [1.54, 1.807) is 0 Å². The van der Waals surface area contributed by atoms with Crippen LogP contribution in [0.25, 0.3) is 0 Å². The van der Waals surface area contributed by atoms with Crippen LogP contribution in [0.4, 0.5) is 0 Å². The standard InChI is InChI=1S/C12H20O2/c13-10-6-2-1-4-8-12(10)9-5-3-7-11(12)14/h11,14H,1-9H2/t11-,12+/m0/s1. The van der Waals surface area contributed by atoms with E-state index in [2.05, 4.69) is 0 Å². The van der Waals surface area contributed by atoms with Gasteiger partial charge >= 0.3 is 0 Å². The predicted molar refractivity (Wildman–Crippen MR) is 55.0 cm³/mol. The molecular formula is C12H20O2. The summed E-state index contributed by atoms with van der Waals surface area (Å²) in [7, 11) is 0. The zero-order chi connectivity index (χ0) is 10.0. The van der Waals surface area contributed by atoms with Crippen molar-refractivity contribution in [1.82, 2.24) is 0 Å². The molecule has 2 rings (SSSR count). The second kappa shape index (κ2) is 4.01. The highest BCUT2D eigenvalue weighted by Crippen LogP contribution is 2.44. The smallest absolute Gasteiger partial charge is 0.141 e. The van der Waals surface area contributed by atoms with E-state index in [4.69, 9.17) is 0 Å². The third kappa shape index (κ3) is 1.60. The molecule has 0 heterocycles. The van der Waals surface area contributed by atoms with Gasteiger partial charge in [0, 0.05) is 6.42 Å². The van der Waals surface area contributed by atoms with Crippen LogP contribution in [0.5, 0.6) is 0 Å². The Morgan fingerprint density at radius 2 is 1.79 bits per heavy atom. The van der Waals surface area contributed by atoms with Gasteiger partial charge in [0.15, 0.2) is 0 Å². The fourth-order valence-electron chi connectivity index (χ4n) is 3.13. The average Bonchev–Trinajstić information content (AvgIpc) is 2.36. The van der Waals surface area contributed by atoms with Crippen LogP contribution in [0.3, 0.4) is 0 Å². The maximum Gasteiger partial charge on any atom is 0.141 e. The van der Waals surface area contributed by atoms with Crippen molar-refractivity contribution in [3.8, 4) is 0 Å². The van der Waals surface area contributed by atoms with Gasteiger partial charge in [0.25, 0.3) is 0 Å². The molecule has 2 aliphatic carbocycles. The molecule has 0 aromatic heterocycles. The summed E-state index contributed by atoms with van der Waals surface area (Å²) < 4.78 is 0. The Morgan fingerprint density at radius 1 is 1.07 bits per heavy atom. The van der Waals surface area contributed by atoms with E-state index in [1.807, 2.05) is 0 Å². The Kier molecular flexibility index (Phi) is 2.91. The Morgan fingerprint density at radius 3 is 2.57 bits per heavy atom. The molecule has 0 aliphatic heterocycles. The van der Waals surface area contributed by atoms with Crippen LogP contribution in [0.15, 0.2) is 0 Å². The lowest BCUT2D eigenvalue weighted by atomic mass is 9.66. The van der Waals surface area contributed by atoms with Crippen molar-refractivity contribution in [1.29, 1.82) is 0 Å². The van der Waals surface area contributed by atoms with Crippen LogP contribution in [-0.4, -0.2) is 17.0 Å². The topological polar surface area (TPSA) is 37.3 Å². The van der Waals surface area contributed by atoms with Gasteiger partial charge in [-0.05, 0) is 25.7 Å². The second-order valence-corrected chi connectivity index (χ2v) is 4.90. The van der Waals surface area contributed by atoms with Crippen molar-refractivity contribution in [3.63, 3.8) is 0 Å². The minimum absolute atomic E-state index is 0.325. The predicted octanol–water partition coefficient (Wildman–Crippen LogP) is 2.44. The summed E-state index contributed by atoms with van der Waals surface area (Å²) in [5.74, 6) is 0.349. The molecule has 14 heavy (non-hydrogen) atoms. The minimum Gasteiger partial charge on any atom is -0.392 e. The maximum atomic E-state index is 12.0. The Balaban J connectivity index is 2.19. The van der Waals surface area contributed by atoms with Crippen molar-refractivity contribution in [2.75, 3.05) is 0 Å². The molecule has 0 saturated heterocycles. The van der Waals surface area contributed by atoms with Crippen LogP contribution in [-0.2, 0) is 4.79 Å². The fraction of sp³-hybridized carbons (Fsp3) is 0.917. The van der Waals surface area contributed by atoms with Crippen molar-refractivity contribution >= 4 is 5.78 Å². The van der Waals surface area contributed by atoms with Gasteiger partial charge in [-0.3, -0.25) is 4.79 Å². The van der Waals surface area contributed by atoms with E-state index in [1.165, 1.54) is 6.42 Å². The van der Waals surface area contributed by atoms with E-state index in [0.717, 1.165) is 44.9 Å². The number of carbonyl (C=O) groups is 1. The van der Waals surface area contributed by atoms with Gasteiger partial charge in [-0.25, -0.2) is 0 Å². The molecule has 1 N–H and O–H groups in total. The Hall–Kier alpha value is -0.370. The highest BCUT2D eigenvalue weighted by Gasteiger charge is 2.45. The molecule has 0 amide bonds. The third-order valence-electron chi connectivity index (χ3n) is 4.07. The monoisotopic (exact) mass is 196 g/mol. The lowest BCUT2D eigenvalue weighted by Gasteiger charge is -2.39. The van der Waals surface area contributed by atoms with Gasteiger partial charge in [-0.1, -0.05) is 25.7 Å². The van der Waals surface area contributed by atoms with Crippen molar-refractivity contribution in [2.45, 2.75) is 63.9 Å². The Bertz CT molecular complexity index is 224. The van der Waals surface area contributed by atoms with E-state index >= 15 is 0 Å². The summed E-state index contributed by atoms with van der Waals surface area (Å²) in [6.07, 6.45) is 8.62. The first kappa shape index (κ1) is 10.2. The molecule has 2 atom stereocenters. The second-order valence-electron chi connectivity index (χ2n) is 4.90. The molecule has 2 aliphatic rings. The summed E-state index contributed by atoms with van der Waals surface area (Å²) in [4.78, 5) is 12.0. The van der Waals surface area contributed by atoms with E-state index in [-0.39, 0.29) is 11.5 Å². The van der Waals surface area contributed by atoms with E-state index < -0.39 is 0 Å². The third-order valence-corrected chi connectivity index (χ3v) is 4.07. The summed E-state index contributed by atoms with van der Waals surface area (Å²) in [6.45, 7) is 0. The number of ketones is 1. The largest absolute Gasteiger partial charge is 0.392 e. The molecule has 2 saturated carbocycles. The molecule has 80 valence electrons. The Labute approximate surface area is 85.7 Å². The van der Waals surface area contributed by atoms with Crippen LogP contribution in [0.1, 0.15) is 57.8 Å². The zero-order valence-corrected chi connectivity index (χ0v) is 8.80. The molecule has 2 nitrogen and oxygen atoms in total. The van der Waals surface area contributed by atoms with E-state index in [9.17, 15) is 9.90 Å². The summed E-state index contributed by atoms with van der Waals surface area (Å²) in [5.41, 5.74) is -0.325. The molecule has 2 heteroatoms. The first-order chi connectivity index (χ1) is 6.76. The molecule has 0 radical (unpaired) electrons. The van der Waals surface area contributed by atoms with Crippen LogP contribution in [0.2, 0.25) is 0 Å². The van der Waals surface area contributed by atoms with Crippen molar-refractivity contribution < 1.29 is 9.90 Å². The van der Waals surface area contributed by atoms with Gasteiger partial charge in [0.2, 0.25) is 0 Å². The van der Waals surface area contributed by atoms with E-state index in [0.29, 0.717) is 12.2 Å². The van der Waals surface area contributed by atoms with Crippen LogP contribution < -0.4 is 0 Å². The SMILES string of the molecule is O=C1CCCCC[C@@]12CCCC[C@@H]2O. The molecule has 0 unspecified atom stereocenters. The molecule has 1 spiro atoms. The van der Waals surface area contributed by atoms with Gasteiger partial charge in [-0.15, -0.1) is 0 Å². The molecule has 0 bridgehead atoms. The van der Waals surface area contributed by atoms with Crippen LogP contribution in [0, 0.1) is 5.41 Å². The minimum atomic E-state index is -0.346. The summed E-state index contributed by atoms with van der Waals surface area (Å²) >= 11 is 0.